The number of aromatic nitrogens is 4. The molecule has 194 valence electrons. The van der Waals surface area contributed by atoms with Crippen LogP contribution < -0.4 is 10.6 Å². The van der Waals surface area contributed by atoms with Gasteiger partial charge < -0.3 is 20.3 Å². The largest absolute Gasteiger partial charge is 0.378 e. The Morgan fingerprint density at radius 2 is 1.89 bits per heavy atom. The summed E-state index contributed by atoms with van der Waals surface area (Å²) in [5.74, 6) is 1.69. The van der Waals surface area contributed by atoms with E-state index in [0.29, 0.717) is 32.1 Å². The van der Waals surface area contributed by atoms with E-state index < -0.39 is 5.54 Å². The first-order valence-electron chi connectivity index (χ1n) is 12.7. The van der Waals surface area contributed by atoms with E-state index >= 15 is 0 Å². The number of nitrogens with two attached hydrogens (primary N) is 1. The van der Waals surface area contributed by atoms with E-state index in [1.807, 2.05) is 23.2 Å². The summed E-state index contributed by atoms with van der Waals surface area (Å²) in [4.78, 5) is 31.5. The molecule has 0 bridgehead atoms. The monoisotopic (exact) mass is 520 g/mol. The Bertz CT molecular complexity index is 1430. The number of hydrogen-bond acceptors (Lipinski definition) is 9. The van der Waals surface area contributed by atoms with Gasteiger partial charge in [0.2, 0.25) is 5.91 Å². The number of carbonyl (C=O) groups is 1. The second-order valence-electron chi connectivity index (χ2n) is 10.3. The van der Waals surface area contributed by atoms with Crippen LogP contribution in [0, 0.1) is 0 Å². The van der Waals surface area contributed by atoms with Crippen LogP contribution in [0.4, 0.5) is 5.82 Å². The third-order valence-corrected chi connectivity index (χ3v) is 8.06. The minimum Gasteiger partial charge on any atom is -0.378 e. The van der Waals surface area contributed by atoms with E-state index in [4.69, 9.17) is 20.4 Å². The zero-order valence-electron chi connectivity index (χ0n) is 21.2. The molecule has 2 saturated heterocycles. The molecule has 2 aliphatic heterocycles. The number of anilines is 1. The molecule has 2 aliphatic rings. The average molecular weight is 521 g/mol. The molecule has 37 heavy (non-hydrogen) atoms. The summed E-state index contributed by atoms with van der Waals surface area (Å²) < 4.78 is 5.61. The van der Waals surface area contributed by atoms with Crippen LogP contribution in [-0.4, -0.2) is 93.9 Å². The van der Waals surface area contributed by atoms with Gasteiger partial charge in [0, 0.05) is 61.6 Å². The van der Waals surface area contributed by atoms with Crippen LogP contribution in [-0.2, 0) is 16.1 Å². The third kappa shape index (κ3) is 4.79. The molecular formula is C26H32N8O2S. The zero-order chi connectivity index (χ0) is 25.6. The molecule has 10 nitrogen and oxygen atoms in total. The molecule has 0 unspecified atom stereocenters. The lowest BCUT2D eigenvalue weighted by Crippen LogP contribution is -2.56. The van der Waals surface area contributed by atoms with E-state index in [9.17, 15) is 4.79 Å². The van der Waals surface area contributed by atoms with Crippen molar-refractivity contribution >= 4 is 44.2 Å². The number of morpholine rings is 1. The van der Waals surface area contributed by atoms with Crippen molar-refractivity contribution in [3.05, 3.63) is 35.3 Å². The summed E-state index contributed by atoms with van der Waals surface area (Å²) in [6.07, 6.45) is 1.84. The van der Waals surface area contributed by atoms with Crippen LogP contribution in [0.3, 0.4) is 0 Å². The highest BCUT2D eigenvalue weighted by molar-refractivity contribution is 7.18. The van der Waals surface area contributed by atoms with Gasteiger partial charge in [0.25, 0.3) is 0 Å². The van der Waals surface area contributed by atoms with Crippen molar-refractivity contribution in [1.82, 2.24) is 30.0 Å². The van der Waals surface area contributed by atoms with Gasteiger partial charge in [-0.25, -0.2) is 9.97 Å². The lowest BCUT2D eigenvalue weighted by Gasteiger charge is -2.37. The first-order valence-corrected chi connectivity index (χ1v) is 13.5. The number of aromatic amines is 1. The van der Waals surface area contributed by atoms with Crippen molar-refractivity contribution in [3.8, 4) is 11.4 Å². The van der Waals surface area contributed by atoms with E-state index in [-0.39, 0.29) is 5.91 Å². The van der Waals surface area contributed by atoms with E-state index in [1.165, 1.54) is 4.88 Å². The normalized spacial score (nSPS) is 17.7. The predicted molar refractivity (Wildman–Crippen MR) is 146 cm³/mol. The van der Waals surface area contributed by atoms with Crippen molar-refractivity contribution in [3.63, 3.8) is 0 Å². The van der Waals surface area contributed by atoms with Crippen molar-refractivity contribution in [2.75, 3.05) is 57.4 Å². The highest BCUT2D eigenvalue weighted by atomic mass is 32.1. The summed E-state index contributed by atoms with van der Waals surface area (Å²) >= 11 is 1.72. The van der Waals surface area contributed by atoms with Gasteiger partial charge in [-0.1, -0.05) is 12.1 Å². The lowest BCUT2D eigenvalue weighted by atomic mass is 10.0. The molecule has 2 fully saturated rings. The number of piperazine rings is 1. The van der Waals surface area contributed by atoms with Gasteiger partial charge in [0.05, 0.1) is 35.9 Å². The number of carbonyl (C=O) groups excluding carboxylic acids is 1. The summed E-state index contributed by atoms with van der Waals surface area (Å²) in [5.41, 5.74) is 7.14. The summed E-state index contributed by atoms with van der Waals surface area (Å²) in [5, 5.41) is 9.36. The van der Waals surface area contributed by atoms with Crippen molar-refractivity contribution in [2.45, 2.75) is 25.9 Å². The Kier molecular flexibility index (Phi) is 6.31. The van der Waals surface area contributed by atoms with Crippen LogP contribution in [0.2, 0.25) is 0 Å². The maximum Gasteiger partial charge on any atom is 0.242 e. The summed E-state index contributed by atoms with van der Waals surface area (Å²) in [7, 11) is 0. The third-order valence-electron chi connectivity index (χ3n) is 7.05. The Hall–Kier alpha value is -3.12. The highest BCUT2D eigenvalue weighted by Gasteiger charge is 2.30. The maximum absolute atomic E-state index is 12.6. The Balaban J connectivity index is 1.30. The summed E-state index contributed by atoms with van der Waals surface area (Å²) in [6, 6.07) is 8.32. The molecule has 5 heterocycles. The molecule has 1 aromatic carbocycles. The van der Waals surface area contributed by atoms with Crippen molar-refractivity contribution in [2.24, 2.45) is 5.73 Å². The SMILES string of the molecule is CC(C)(N)C(=O)N1CCN(Cc2cc3c(N4CCOCC4)nc(-c4cccc5[nH]ncc45)nc3s2)CC1. The number of nitrogens with zero attached hydrogens (tertiary/aromatic N) is 6. The van der Waals surface area contributed by atoms with Crippen molar-refractivity contribution in [1.29, 1.82) is 0 Å². The van der Waals surface area contributed by atoms with Crippen LogP contribution >= 0.6 is 11.3 Å². The number of rotatable bonds is 5. The van der Waals surface area contributed by atoms with Gasteiger partial charge in [-0.05, 0) is 26.0 Å². The number of nitrogens with one attached hydrogen (secondary N) is 1. The molecule has 0 saturated carbocycles. The molecule has 0 aliphatic carbocycles. The molecule has 0 atom stereocenters. The number of thiophene rings is 1. The average Bonchev–Trinajstić information content (AvgIpc) is 3.54. The van der Waals surface area contributed by atoms with Gasteiger partial charge in [-0.15, -0.1) is 11.3 Å². The molecule has 0 spiro atoms. The van der Waals surface area contributed by atoms with Crippen LogP contribution in [0.25, 0.3) is 32.5 Å². The van der Waals surface area contributed by atoms with Gasteiger partial charge in [0.1, 0.15) is 10.6 Å². The standard InChI is InChI=1S/C26H32N8O2S/c1-26(2,27)25(35)34-8-6-32(7-9-34)16-17-14-19-23(33-10-12-36-13-11-33)29-22(30-24(19)37-17)18-4-3-5-21-20(18)15-28-31-21/h3-5,14-15H,6-13,16,27H2,1-2H3,(H,28,31). The second-order valence-corrected chi connectivity index (χ2v) is 11.4. The number of hydrogen-bond donors (Lipinski definition) is 2. The van der Waals surface area contributed by atoms with Gasteiger partial charge in [0.15, 0.2) is 5.82 Å². The first kappa shape index (κ1) is 24.2. The molecule has 3 N–H and O–H groups in total. The maximum atomic E-state index is 12.6. The van der Waals surface area contributed by atoms with Gasteiger partial charge in [-0.2, -0.15) is 5.10 Å². The lowest BCUT2D eigenvalue weighted by molar-refractivity contribution is -0.137. The second kappa shape index (κ2) is 9.64. The van der Waals surface area contributed by atoms with E-state index in [1.54, 1.807) is 25.2 Å². The van der Waals surface area contributed by atoms with Crippen molar-refractivity contribution < 1.29 is 9.53 Å². The fourth-order valence-electron chi connectivity index (χ4n) is 5.07. The number of ether oxygens (including phenoxy) is 1. The number of benzene rings is 1. The van der Waals surface area contributed by atoms with Gasteiger partial charge >= 0.3 is 0 Å². The minimum absolute atomic E-state index is 0.0135. The first-order chi connectivity index (χ1) is 17.9. The molecular weight excluding hydrogens is 488 g/mol. The Morgan fingerprint density at radius 1 is 1.11 bits per heavy atom. The van der Waals surface area contributed by atoms with Gasteiger partial charge in [-0.3, -0.25) is 14.8 Å². The number of fused-ring (bicyclic) bond motifs is 2. The Morgan fingerprint density at radius 3 is 2.65 bits per heavy atom. The van der Waals surface area contributed by atoms with E-state index in [2.05, 4.69) is 32.1 Å². The highest BCUT2D eigenvalue weighted by Crippen LogP contribution is 2.35. The molecule has 11 heteroatoms. The molecule has 3 aromatic heterocycles. The van der Waals surface area contributed by atoms with Crippen LogP contribution in [0.15, 0.2) is 30.5 Å². The molecule has 0 radical (unpaired) electrons. The topological polar surface area (TPSA) is 116 Å². The molecule has 1 amide bonds. The van der Waals surface area contributed by atoms with E-state index in [0.717, 1.165) is 65.2 Å². The smallest absolute Gasteiger partial charge is 0.242 e. The quantitative estimate of drug-likeness (QED) is 0.412. The number of amides is 1. The van der Waals surface area contributed by atoms with Crippen LogP contribution in [0.1, 0.15) is 18.7 Å². The fourth-order valence-corrected chi connectivity index (χ4v) is 6.14. The zero-order valence-corrected chi connectivity index (χ0v) is 22.1. The minimum atomic E-state index is -0.833. The molecule has 4 aromatic rings. The number of H-pyrrole nitrogens is 1. The molecule has 6 rings (SSSR count). The Labute approximate surface area is 219 Å². The van der Waals surface area contributed by atoms with Crippen LogP contribution in [0.5, 0.6) is 0 Å². The predicted octanol–water partition coefficient (Wildman–Crippen LogP) is 2.45. The fraction of sp³-hybridized carbons (Fsp3) is 0.462. The summed E-state index contributed by atoms with van der Waals surface area (Å²) in [6.45, 7) is 10.4.